The number of hydrogen-bond donors (Lipinski definition) is 1. The maximum absolute atomic E-state index is 11.9. The smallest absolute Gasteiger partial charge is 0.220 e. The largest absolute Gasteiger partial charge is 0.382 e. The molecule has 0 radical (unpaired) electrons. The zero-order chi connectivity index (χ0) is 18.1. The summed E-state index contributed by atoms with van der Waals surface area (Å²) in [5.74, 6) is 1.60. The Morgan fingerprint density at radius 2 is 2.04 bits per heavy atom. The zero-order valence-electron chi connectivity index (χ0n) is 15.4. The quantitative estimate of drug-likeness (QED) is 0.619. The first-order chi connectivity index (χ1) is 12.2. The van der Waals surface area contributed by atoms with Crippen LogP contribution in [0.15, 0.2) is 12.1 Å². The van der Waals surface area contributed by atoms with Gasteiger partial charge in [-0.1, -0.05) is 0 Å². The Bertz CT molecular complexity index is 668. The first-order valence-electron chi connectivity index (χ1n) is 9.00. The first-order valence-corrected chi connectivity index (χ1v) is 9.00. The number of hydrogen-bond acceptors (Lipinski definition) is 6. The summed E-state index contributed by atoms with van der Waals surface area (Å²) in [5.41, 5.74) is 0.697. The minimum atomic E-state index is 0.00754. The topological polar surface area (TPSA) is 84.6 Å². The van der Waals surface area contributed by atoms with E-state index in [9.17, 15) is 4.79 Å². The van der Waals surface area contributed by atoms with Crippen LogP contribution in [0.4, 0.5) is 5.82 Å². The molecule has 2 aromatic heterocycles. The molecule has 0 aliphatic heterocycles. The van der Waals surface area contributed by atoms with Crippen molar-refractivity contribution in [2.24, 2.45) is 0 Å². The van der Waals surface area contributed by atoms with Crippen LogP contribution in [-0.2, 0) is 16.0 Å². The van der Waals surface area contributed by atoms with Crippen molar-refractivity contribution >= 4 is 17.4 Å². The van der Waals surface area contributed by atoms with Crippen molar-refractivity contribution in [3.63, 3.8) is 0 Å². The predicted octanol–water partition coefficient (Wildman–Crippen LogP) is 1.45. The standard InChI is InChI=1S/C17H28N6O2/c1-4-22(5-2)16-9-8-14-19-20-15(23(14)21-16)10-11-17(24)18-12-7-13-25-6-3/h8-9H,4-7,10-13H2,1-3H3,(H,18,24). The Kier molecular flexibility index (Phi) is 7.59. The van der Waals surface area contributed by atoms with E-state index in [1.54, 1.807) is 4.52 Å². The average molecular weight is 348 g/mol. The lowest BCUT2D eigenvalue weighted by Gasteiger charge is -2.19. The summed E-state index contributed by atoms with van der Waals surface area (Å²) in [6.45, 7) is 9.93. The molecule has 2 rings (SSSR count). The number of nitrogens with zero attached hydrogens (tertiary/aromatic N) is 5. The molecule has 0 unspecified atom stereocenters. The highest BCUT2D eigenvalue weighted by Gasteiger charge is 2.12. The van der Waals surface area contributed by atoms with Gasteiger partial charge in [-0.2, -0.15) is 4.52 Å². The van der Waals surface area contributed by atoms with Gasteiger partial charge in [0.2, 0.25) is 5.91 Å². The third kappa shape index (κ3) is 5.38. The fourth-order valence-electron chi connectivity index (χ4n) is 2.56. The molecule has 0 aromatic carbocycles. The average Bonchev–Trinajstić information content (AvgIpc) is 3.03. The lowest BCUT2D eigenvalue weighted by atomic mass is 10.3. The molecule has 2 heterocycles. The molecular weight excluding hydrogens is 320 g/mol. The molecule has 0 aliphatic rings. The summed E-state index contributed by atoms with van der Waals surface area (Å²) in [5, 5.41) is 15.8. The van der Waals surface area contributed by atoms with E-state index in [-0.39, 0.29) is 5.91 Å². The number of nitrogens with one attached hydrogen (secondary N) is 1. The van der Waals surface area contributed by atoms with Crippen molar-refractivity contribution in [2.45, 2.75) is 40.0 Å². The number of fused-ring (bicyclic) bond motifs is 1. The number of rotatable bonds is 11. The maximum Gasteiger partial charge on any atom is 0.220 e. The van der Waals surface area contributed by atoms with Gasteiger partial charge in [0.15, 0.2) is 11.5 Å². The molecule has 0 bridgehead atoms. The molecule has 2 aromatic rings. The van der Waals surface area contributed by atoms with Crippen molar-refractivity contribution in [3.8, 4) is 0 Å². The normalized spacial score (nSPS) is 11.0. The highest BCUT2D eigenvalue weighted by molar-refractivity contribution is 5.76. The summed E-state index contributed by atoms with van der Waals surface area (Å²) < 4.78 is 6.98. The Morgan fingerprint density at radius 3 is 2.76 bits per heavy atom. The van der Waals surface area contributed by atoms with Gasteiger partial charge in [0, 0.05) is 45.7 Å². The molecule has 25 heavy (non-hydrogen) atoms. The monoisotopic (exact) mass is 348 g/mol. The molecule has 0 aliphatic carbocycles. The van der Waals surface area contributed by atoms with Crippen molar-refractivity contribution in [1.82, 2.24) is 25.1 Å². The molecule has 138 valence electrons. The van der Waals surface area contributed by atoms with Crippen LogP contribution >= 0.6 is 0 Å². The van der Waals surface area contributed by atoms with Crippen LogP contribution in [0.25, 0.3) is 5.65 Å². The Labute approximate surface area is 148 Å². The van der Waals surface area contributed by atoms with Crippen LogP contribution in [0.1, 0.15) is 39.4 Å². The number of carbonyl (C=O) groups excluding carboxylic acids is 1. The van der Waals surface area contributed by atoms with Crippen LogP contribution < -0.4 is 10.2 Å². The second-order valence-corrected chi connectivity index (χ2v) is 5.65. The van der Waals surface area contributed by atoms with Crippen LogP contribution in [0.5, 0.6) is 0 Å². The number of ether oxygens (including phenoxy) is 1. The summed E-state index contributed by atoms with van der Waals surface area (Å²) in [6, 6.07) is 3.86. The van der Waals surface area contributed by atoms with E-state index in [0.29, 0.717) is 44.1 Å². The molecule has 0 fully saturated rings. The lowest BCUT2D eigenvalue weighted by molar-refractivity contribution is -0.121. The van der Waals surface area contributed by atoms with E-state index >= 15 is 0 Å². The van der Waals surface area contributed by atoms with Gasteiger partial charge >= 0.3 is 0 Å². The molecule has 0 atom stereocenters. The highest BCUT2D eigenvalue weighted by atomic mass is 16.5. The number of aryl methyl sites for hydroxylation is 1. The number of carbonyl (C=O) groups is 1. The van der Waals surface area contributed by atoms with Crippen molar-refractivity contribution in [3.05, 3.63) is 18.0 Å². The van der Waals surface area contributed by atoms with Gasteiger partial charge in [-0.3, -0.25) is 4.79 Å². The number of aromatic nitrogens is 4. The van der Waals surface area contributed by atoms with E-state index in [4.69, 9.17) is 4.74 Å². The molecule has 8 nitrogen and oxygen atoms in total. The Morgan fingerprint density at radius 1 is 1.24 bits per heavy atom. The van der Waals surface area contributed by atoms with Crippen LogP contribution in [0.3, 0.4) is 0 Å². The third-order valence-electron chi connectivity index (χ3n) is 3.97. The van der Waals surface area contributed by atoms with E-state index < -0.39 is 0 Å². The van der Waals surface area contributed by atoms with E-state index in [1.807, 2.05) is 19.1 Å². The summed E-state index contributed by atoms with van der Waals surface area (Å²) in [6.07, 6.45) is 1.70. The molecule has 0 saturated heterocycles. The third-order valence-corrected chi connectivity index (χ3v) is 3.97. The Balaban J connectivity index is 1.92. The van der Waals surface area contributed by atoms with Crippen molar-refractivity contribution in [2.75, 3.05) is 37.7 Å². The molecule has 0 spiro atoms. The SMILES string of the molecule is CCOCCCNC(=O)CCc1nnc2ccc(N(CC)CC)nn12. The molecule has 0 saturated carbocycles. The number of anilines is 1. The zero-order valence-corrected chi connectivity index (χ0v) is 15.4. The lowest BCUT2D eigenvalue weighted by Crippen LogP contribution is -2.26. The summed E-state index contributed by atoms with van der Waals surface area (Å²) in [7, 11) is 0. The van der Waals surface area contributed by atoms with Crippen molar-refractivity contribution in [1.29, 1.82) is 0 Å². The molecular formula is C17H28N6O2. The predicted molar refractivity (Wildman–Crippen MR) is 96.8 cm³/mol. The maximum atomic E-state index is 11.9. The fraction of sp³-hybridized carbons (Fsp3) is 0.647. The van der Waals surface area contributed by atoms with Gasteiger partial charge in [0.1, 0.15) is 5.82 Å². The van der Waals surface area contributed by atoms with E-state index in [0.717, 1.165) is 25.3 Å². The molecule has 8 heteroatoms. The van der Waals surface area contributed by atoms with Gasteiger partial charge in [0.25, 0.3) is 0 Å². The van der Waals surface area contributed by atoms with Gasteiger partial charge in [-0.05, 0) is 39.3 Å². The van der Waals surface area contributed by atoms with Gasteiger partial charge in [0.05, 0.1) is 0 Å². The van der Waals surface area contributed by atoms with Crippen LogP contribution in [0.2, 0.25) is 0 Å². The van der Waals surface area contributed by atoms with E-state index in [2.05, 4.69) is 39.4 Å². The number of amides is 1. The Hall–Kier alpha value is -2.22. The highest BCUT2D eigenvalue weighted by Crippen LogP contribution is 2.12. The van der Waals surface area contributed by atoms with Gasteiger partial charge in [-0.25, -0.2) is 0 Å². The van der Waals surface area contributed by atoms with Crippen molar-refractivity contribution < 1.29 is 9.53 Å². The van der Waals surface area contributed by atoms with Crippen LogP contribution in [-0.4, -0.2) is 58.6 Å². The summed E-state index contributed by atoms with van der Waals surface area (Å²) >= 11 is 0. The van der Waals surface area contributed by atoms with Gasteiger partial charge in [-0.15, -0.1) is 15.3 Å². The minimum Gasteiger partial charge on any atom is -0.382 e. The van der Waals surface area contributed by atoms with E-state index in [1.165, 1.54) is 0 Å². The first kappa shape index (κ1) is 19.1. The summed E-state index contributed by atoms with van der Waals surface area (Å²) in [4.78, 5) is 14.1. The minimum absolute atomic E-state index is 0.00754. The van der Waals surface area contributed by atoms with Gasteiger partial charge < -0.3 is 15.0 Å². The second-order valence-electron chi connectivity index (χ2n) is 5.65. The molecule has 1 amide bonds. The fourth-order valence-corrected chi connectivity index (χ4v) is 2.56. The molecule has 1 N–H and O–H groups in total. The van der Waals surface area contributed by atoms with Crippen LogP contribution in [0, 0.1) is 0 Å². The second kappa shape index (κ2) is 9.93.